The van der Waals surface area contributed by atoms with Gasteiger partial charge in [-0.05, 0) is 46.8 Å². The third kappa shape index (κ3) is 6.16. The third-order valence-electron chi connectivity index (χ3n) is 2.96. The standard InChI is InChI=1S/C17H26N2O3/c1-12-7-9-14(10-8-12)15(20)19(6)11-13(2)18-16(21)22-17(3,4)5/h7-10,13H,11H2,1-6H3,(H,18,21)/t13-/m1/s1. The summed E-state index contributed by atoms with van der Waals surface area (Å²) in [5.41, 5.74) is 1.21. The van der Waals surface area contributed by atoms with E-state index in [9.17, 15) is 9.59 Å². The van der Waals surface area contributed by atoms with Crippen LogP contribution in [0.15, 0.2) is 24.3 Å². The van der Waals surface area contributed by atoms with Gasteiger partial charge in [-0.1, -0.05) is 17.7 Å². The van der Waals surface area contributed by atoms with Crippen LogP contribution in [0, 0.1) is 6.92 Å². The van der Waals surface area contributed by atoms with Gasteiger partial charge in [0, 0.05) is 25.2 Å². The van der Waals surface area contributed by atoms with Crippen LogP contribution in [0.2, 0.25) is 0 Å². The molecule has 0 saturated carbocycles. The fourth-order valence-electron chi connectivity index (χ4n) is 1.96. The van der Waals surface area contributed by atoms with E-state index >= 15 is 0 Å². The van der Waals surface area contributed by atoms with Crippen LogP contribution < -0.4 is 5.32 Å². The van der Waals surface area contributed by atoms with Crippen LogP contribution in [0.3, 0.4) is 0 Å². The largest absolute Gasteiger partial charge is 0.444 e. The molecule has 122 valence electrons. The van der Waals surface area contributed by atoms with Gasteiger partial charge in [-0.3, -0.25) is 4.79 Å². The van der Waals surface area contributed by atoms with Gasteiger partial charge in [-0.2, -0.15) is 0 Å². The molecule has 0 aromatic heterocycles. The summed E-state index contributed by atoms with van der Waals surface area (Å²) >= 11 is 0. The number of alkyl carbamates (subject to hydrolysis) is 1. The van der Waals surface area contributed by atoms with Crippen molar-refractivity contribution in [3.05, 3.63) is 35.4 Å². The molecule has 1 atom stereocenters. The number of carbonyl (C=O) groups is 2. The summed E-state index contributed by atoms with van der Waals surface area (Å²) in [6, 6.07) is 7.22. The Bertz CT molecular complexity index is 518. The molecule has 1 N–H and O–H groups in total. The van der Waals surface area contributed by atoms with Crippen LogP contribution in [-0.2, 0) is 4.74 Å². The maximum absolute atomic E-state index is 12.3. The topological polar surface area (TPSA) is 58.6 Å². The van der Waals surface area contributed by atoms with Crippen molar-refractivity contribution in [2.75, 3.05) is 13.6 Å². The second-order valence-electron chi connectivity index (χ2n) is 6.60. The third-order valence-corrected chi connectivity index (χ3v) is 2.96. The van der Waals surface area contributed by atoms with Gasteiger partial charge in [0.1, 0.15) is 5.60 Å². The van der Waals surface area contributed by atoms with E-state index < -0.39 is 11.7 Å². The fourth-order valence-corrected chi connectivity index (χ4v) is 1.96. The number of rotatable bonds is 4. The van der Waals surface area contributed by atoms with E-state index in [0.29, 0.717) is 12.1 Å². The SMILES string of the molecule is Cc1ccc(C(=O)N(C)C[C@@H](C)NC(=O)OC(C)(C)C)cc1. The molecule has 22 heavy (non-hydrogen) atoms. The Kier molecular flexibility index (Phi) is 5.97. The summed E-state index contributed by atoms with van der Waals surface area (Å²) in [7, 11) is 1.72. The summed E-state index contributed by atoms with van der Waals surface area (Å²) in [6.07, 6.45) is -0.476. The van der Waals surface area contributed by atoms with Crippen LogP contribution >= 0.6 is 0 Å². The number of likely N-dealkylation sites (N-methyl/N-ethyl adjacent to an activating group) is 1. The molecule has 0 aliphatic carbocycles. The number of hydrogen-bond acceptors (Lipinski definition) is 3. The number of nitrogens with one attached hydrogen (secondary N) is 1. The van der Waals surface area contributed by atoms with Crippen molar-refractivity contribution in [3.63, 3.8) is 0 Å². The fraction of sp³-hybridized carbons (Fsp3) is 0.529. The molecule has 5 nitrogen and oxygen atoms in total. The van der Waals surface area contributed by atoms with E-state index in [1.54, 1.807) is 24.1 Å². The van der Waals surface area contributed by atoms with Crippen molar-refractivity contribution in [3.8, 4) is 0 Å². The number of hydrogen-bond donors (Lipinski definition) is 1. The first-order valence-electron chi connectivity index (χ1n) is 7.40. The maximum atomic E-state index is 12.3. The van der Waals surface area contributed by atoms with Crippen LogP contribution in [-0.4, -0.2) is 42.1 Å². The van der Waals surface area contributed by atoms with Crippen molar-refractivity contribution >= 4 is 12.0 Å². The van der Waals surface area contributed by atoms with Gasteiger partial charge in [0.25, 0.3) is 5.91 Å². The minimum absolute atomic E-state index is 0.0714. The highest BCUT2D eigenvalue weighted by atomic mass is 16.6. The van der Waals surface area contributed by atoms with E-state index in [0.717, 1.165) is 5.56 Å². The van der Waals surface area contributed by atoms with E-state index in [2.05, 4.69) is 5.32 Å². The number of benzene rings is 1. The van der Waals surface area contributed by atoms with Crippen LogP contribution in [0.1, 0.15) is 43.6 Å². The quantitative estimate of drug-likeness (QED) is 0.930. The molecule has 1 aromatic carbocycles. The monoisotopic (exact) mass is 306 g/mol. The summed E-state index contributed by atoms with van der Waals surface area (Å²) in [4.78, 5) is 25.6. The summed E-state index contributed by atoms with van der Waals surface area (Å²) in [6.45, 7) is 9.65. The molecule has 0 heterocycles. The predicted molar refractivity (Wildman–Crippen MR) is 87.0 cm³/mol. The minimum atomic E-state index is -0.534. The highest BCUT2D eigenvalue weighted by molar-refractivity contribution is 5.94. The summed E-state index contributed by atoms with van der Waals surface area (Å²) < 4.78 is 5.19. The zero-order valence-corrected chi connectivity index (χ0v) is 14.3. The van der Waals surface area contributed by atoms with Crippen LogP contribution in [0.5, 0.6) is 0 Å². The molecule has 0 radical (unpaired) electrons. The molecular weight excluding hydrogens is 280 g/mol. The Hall–Kier alpha value is -2.04. The first-order chi connectivity index (χ1) is 10.1. The minimum Gasteiger partial charge on any atom is -0.444 e. The highest BCUT2D eigenvalue weighted by Gasteiger charge is 2.19. The van der Waals surface area contributed by atoms with Crippen molar-refractivity contribution in [1.82, 2.24) is 10.2 Å². The lowest BCUT2D eigenvalue weighted by molar-refractivity contribution is 0.0491. The Balaban J connectivity index is 2.53. The van der Waals surface area contributed by atoms with Crippen molar-refractivity contribution in [2.45, 2.75) is 46.3 Å². The summed E-state index contributed by atoms with van der Waals surface area (Å²) in [5.74, 6) is -0.0714. The Morgan fingerprint density at radius 2 is 1.77 bits per heavy atom. The average molecular weight is 306 g/mol. The van der Waals surface area contributed by atoms with E-state index in [-0.39, 0.29) is 11.9 Å². The molecule has 0 aliphatic heterocycles. The summed E-state index contributed by atoms with van der Waals surface area (Å²) in [5, 5.41) is 2.73. The Morgan fingerprint density at radius 1 is 1.23 bits per heavy atom. The van der Waals surface area contributed by atoms with Gasteiger partial charge in [-0.25, -0.2) is 4.79 Å². The molecule has 0 aliphatic rings. The number of ether oxygens (including phenoxy) is 1. The van der Waals surface area contributed by atoms with Crippen LogP contribution in [0.4, 0.5) is 4.79 Å². The molecule has 2 amide bonds. The van der Waals surface area contributed by atoms with Gasteiger partial charge >= 0.3 is 6.09 Å². The number of amides is 2. The Labute approximate surface area is 132 Å². The van der Waals surface area contributed by atoms with Gasteiger partial charge in [0.05, 0.1) is 0 Å². The molecule has 0 unspecified atom stereocenters. The first-order valence-corrected chi connectivity index (χ1v) is 7.40. The molecule has 0 bridgehead atoms. The lowest BCUT2D eigenvalue weighted by Gasteiger charge is -2.25. The lowest BCUT2D eigenvalue weighted by Crippen LogP contribution is -2.44. The average Bonchev–Trinajstić information content (AvgIpc) is 2.35. The molecule has 0 saturated heterocycles. The Morgan fingerprint density at radius 3 is 2.27 bits per heavy atom. The van der Waals surface area contributed by atoms with Gasteiger partial charge in [-0.15, -0.1) is 0 Å². The van der Waals surface area contributed by atoms with Gasteiger partial charge in [0.15, 0.2) is 0 Å². The normalized spacial score (nSPS) is 12.5. The lowest BCUT2D eigenvalue weighted by atomic mass is 10.1. The molecule has 1 aromatic rings. The molecule has 0 fully saturated rings. The number of nitrogens with zero attached hydrogens (tertiary/aromatic N) is 1. The first kappa shape index (κ1) is 18.0. The zero-order chi connectivity index (χ0) is 16.9. The second kappa shape index (κ2) is 7.29. The van der Waals surface area contributed by atoms with E-state index in [1.807, 2.05) is 46.8 Å². The van der Waals surface area contributed by atoms with Crippen molar-refractivity contribution in [1.29, 1.82) is 0 Å². The van der Waals surface area contributed by atoms with Crippen molar-refractivity contribution in [2.24, 2.45) is 0 Å². The van der Waals surface area contributed by atoms with Gasteiger partial charge in [0.2, 0.25) is 0 Å². The van der Waals surface area contributed by atoms with Gasteiger partial charge < -0.3 is 15.0 Å². The van der Waals surface area contributed by atoms with Crippen molar-refractivity contribution < 1.29 is 14.3 Å². The van der Waals surface area contributed by atoms with E-state index in [1.165, 1.54) is 0 Å². The zero-order valence-electron chi connectivity index (χ0n) is 14.3. The second-order valence-corrected chi connectivity index (χ2v) is 6.60. The molecule has 1 rings (SSSR count). The number of aryl methyl sites for hydroxylation is 1. The molecular formula is C17H26N2O3. The molecule has 5 heteroatoms. The predicted octanol–water partition coefficient (Wildman–Crippen LogP) is 2.98. The number of carbonyl (C=O) groups excluding carboxylic acids is 2. The maximum Gasteiger partial charge on any atom is 0.407 e. The van der Waals surface area contributed by atoms with Crippen LogP contribution in [0.25, 0.3) is 0 Å². The van der Waals surface area contributed by atoms with E-state index in [4.69, 9.17) is 4.74 Å². The highest BCUT2D eigenvalue weighted by Crippen LogP contribution is 2.08. The molecule has 0 spiro atoms. The smallest absolute Gasteiger partial charge is 0.407 e.